The summed E-state index contributed by atoms with van der Waals surface area (Å²) < 4.78 is 11.8. The molecule has 0 radical (unpaired) electrons. The first-order valence-electron chi connectivity index (χ1n) is 9.76. The van der Waals surface area contributed by atoms with Crippen molar-refractivity contribution in [3.05, 3.63) is 48.6 Å². The molecule has 1 aromatic rings. The molecule has 27 heavy (non-hydrogen) atoms. The normalized spacial score (nSPS) is 32.1. The highest BCUT2D eigenvalue weighted by atomic mass is 16.7. The van der Waals surface area contributed by atoms with Crippen LogP contribution >= 0.6 is 0 Å². The molecule has 0 bridgehead atoms. The van der Waals surface area contributed by atoms with Crippen molar-refractivity contribution in [2.75, 3.05) is 19.8 Å². The third-order valence-corrected chi connectivity index (χ3v) is 6.45. The van der Waals surface area contributed by atoms with E-state index in [2.05, 4.69) is 12.6 Å². The Morgan fingerprint density at radius 3 is 2.70 bits per heavy atom. The highest BCUT2D eigenvalue weighted by Crippen LogP contribution is 2.53. The lowest BCUT2D eigenvalue weighted by molar-refractivity contribution is -0.212. The van der Waals surface area contributed by atoms with Crippen molar-refractivity contribution in [3.8, 4) is 6.07 Å². The smallest absolute Gasteiger partial charge is 0.243 e. The molecule has 1 amide bonds. The van der Waals surface area contributed by atoms with Gasteiger partial charge in [0.25, 0.3) is 0 Å². The summed E-state index contributed by atoms with van der Waals surface area (Å²) in [6.07, 6.45) is 4.43. The Kier molecular flexibility index (Phi) is 4.79. The van der Waals surface area contributed by atoms with Crippen LogP contribution < -0.4 is 0 Å². The SMILES string of the molecule is C=CC[C@]1(C#N)C(=O)N(Cc2ccccc2)C[C@H]2CCC3(C[C@H]21)OCCO3. The molecule has 1 aromatic carbocycles. The van der Waals surface area contributed by atoms with Crippen molar-refractivity contribution in [1.82, 2.24) is 4.90 Å². The minimum absolute atomic E-state index is 0.0631. The van der Waals surface area contributed by atoms with Gasteiger partial charge < -0.3 is 14.4 Å². The summed E-state index contributed by atoms with van der Waals surface area (Å²) in [5.74, 6) is -0.465. The standard InChI is InChI=1S/C22H26N2O3/c1-2-9-21(16-23)19-13-22(26-11-12-27-22)10-8-18(19)15-24(20(21)25)14-17-6-4-3-5-7-17/h2-7,18-19H,1,8-15H2/t18-,19-,21-/m1/s1. The molecule has 0 N–H and O–H groups in total. The third kappa shape index (κ3) is 3.07. The van der Waals surface area contributed by atoms with Gasteiger partial charge in [-0.15, -0.1) is 6.58 Å². The number of fused-ring (bicyclic) bond motifs is 1. The molecular formula is C22H26N2O3. The minimum atomic E-state index is -1.08. The first-order chi connectivity index (χ1) is 13.1. The van der Waals surface area contributed by atoms with Gasteiger partial charge in [-0.1, -0.05) is 36.4 Å². The fourth-order valence-corrected chi connectivity index (χ4v) is 5.15. The molecule has 2 saturated heterocycles. The highest BCUT2D eigenvalue weighted by Gasteiger charge is 2.59. The molecule has 1 aliphatic carbocycles. The zero-order valence-electron chi connectivity index (χ0n) is 15.6. The predicted octanol–water partition coefficient (Wildman–Crippen LogP) is 3.27. The number of nitriles is 1. The van der Waals surface area contributed by atoms with E-state index in [0.29, 0.717) is 39.1 Å². The van der Waals surface area contributed by atoms with Crippen molar-refractivity contribution in [3.63, 3.8) is 0 Å². The number of allylic oxidation sites excluding steroid dienone is 1. The van der Waals surface area contributed by atoms with E-state index in [9.17, 15) is 10.1 Å². The van der Waals surface area contributed by atoms with Crippen molar-refractivity contribution >= 4 is 5.91 Å². The molecule has 0 aromatic heterocycles. The minimum Gasteiger partial charge on any atom is -0.348 e. The summed E-state index contributed by atoms with van der Waals surface area (Å²) in [6, 6.07) is 12.4. The molecule has 1 spiro atoms. The number of hydrogen-bond donors (Lipinski definition) is 0. The van der Waals surface area contributed by atoms with Crippen LogP contribution in [0.3, 0.4) is 0 Å². The number of rotatable bonds is 4. The van der Waals surface area contributed by atoms with Gasteiger partial charge in [-0.2, -0.15) is 5.26 Å². The van der Waals surface area contributed by atoms with Crippen LogP contribution in [0.5, 0.6) is 0 Å². The lowest BCUT2D eigenvalue weighted by Gasteiger charge is -2.52. The van der Waals surface area contributed by atoms with Crippen LogP contribution in [0.1, 0.15) is 31.2 Å². The van der Waals surface area contributed by atoms with Crippen LogP contribution in [0.25, 0.3) is 0 Å². The van der Waals surface area contributed by atoms with Crippen molar-refractivity contribution in [2.45, 2.75) is 38.0 Å². The zero-order valence-corrected chi connectivity index (χ0v) is 15.6. The number of likely N-dealkylation sites (tertiary alicyclic amines) is 1. The van der Waals surface area contributed by atoms with Crippen molar-refractivity contribution < 1.29 is 14.3 Å². The molecule has 3 aliphatic rings. The number of ether oxygens (including phenoxy) is 2. The van der Waals surface area contributed by atoms with E-state index >= 15 is 0 Å². The summed E-state index contributed by atoms with van der Waals surface area (Å²) in [6.45, 7) is 6.25. The average Bonchev–Trinajstić information content (AvgIpc) is 3.14. The molecular weight excluding hydrogens is 340 g/mol. The van der Waals surface area contributed by atoms with Crippen LogP contribution in [0, 0.1) is 28.6 Å². The molecule has 3 fully saturated rings. The Hall–Kier alpha value is -2.16. The molecule has 2 aliphatic heterocycles. The maximum absolute atomic E-state index is 13.5. The Morgan fingerprint density at radius 1 is 1.30 bits per heavy atom. The summed E-state index contributed by atoms with van der Waals surface area (Å²) in [4.78, 5) is 15.4. The third-order valence-electron chi connectivity index (χ3n) is 6.45. The van der Waals surface area contributed by atoms with E-state index < -0.39 is 11.2 Å². The molecule has 1 saturated carbocycles. The van der Waals surface area contributed by atoms with E-state index in [4.69, 9.17) is 9.47 Å². The number of carbonyl (C=O) groups is 1. The van der Waals surface area contributed by atoms with Crippen LogP contribution in [-0.2, 0) is 20.8 Å². The number of piperidine rings is 1. The van der Waals surface area contributed by atoms with Gasteiger partial charge in [-0.25, -0.2) is 0 Å². The van der Waals surface area contributed by atoms with Gasteiger partial charge in [0.15, 0.2) is 5.79 Å². The van der Waals surface area contributed by atoms with Crippen LogP contribution in [0.2, 0.25) is 0 Å². The Labute approximate surface area is 160 Å². The summed E-state index contributed by atoms with van der Waals surface area (Å²) >= 11 is 0. The first kappa shape index (κ1) is 18.2. The monoisotopic (exact) mass is 366 g/mol. The molecule has 0 unspecified atom stereocenters. The zero-order chi connectivity index (χ0) is 18.9. The average molecular weight is 366 g/mol. The second-order valence-corrected chi connectivity index (χ2v) is 7.96. The van der Waals surface area contributed by atoms with Crippen LogP contribution in [0.15, 0.2) is 43.0 Å². The number of hydrogen-bond acceptors (Lipinski definition) is 4. The quantitative estimate of drug-likeness (QED) is 0.767. The second-order valence-electron chi connectivity index (χ2n) is 7.96. The lowest BCUT2D eigenvalue weighted by Crippen LogP contribution is -2.60. The van der Waals surface area contributed by atoms with Gasteiger partial charge >= 0.3 is 0 Å². The molecule has 2 heterocycles. The molecule has 5 nitrogen and oxygen atoms in total. The van der Waals surface area contributed by atoms with E-state index in [-0.39, 0.29) is 17.7 Å². The van der Waals surface area contributed by atoms with E-state index in [1.165, 1.54) is 0 Å². The first-order valence-corrected chi connectivity index (χ1v) is 9.76. The van der Waals surface area contributed by atoms with E-state index in [0.717, 1.165) is 18.4 Å². The van der Waals surface area contributed by atoms with Gasteiger partial charge in [0.05, 0.1) is 19.3 Å². The largest absolute Gasteiger partial charge is 0.348 e. The van der Waals surface area contributed by atoms with Gasteiger partial charge in [-0.3, -0.25) is 4.79 Å². The maximum Gasteiger partial charge on any atom is 0.243 e. The number of amides is 1. The van der Waals surface area contributed by atoms with E-state index in [1.807, 2.05) is 35.2 Å². The molecule has 4 rings (SSSR count). The second kappa shape index (κ2) is 7.10. The van der Waals surface area contributed by atoms with Gasteiger partial charge in [0.1, 0.15) is 5.41 Å². The maximum atomic E-state index is 13.5. The number of carbonyl (C=O) groups excluding carboxylic acids is 1. The lowest BCUT2D eigenvalue weighted by atomic mass is 9.58. The molecule has 3 atom stereocenters. The summed E-state index contributed by atoms with van der Waals surface area (Å²) in [5.41, 5.74) is 0.00631. The number of nitrogens with zero attached hydrogens (tertiary/aromatic N) is 2. The van der Waals surface area contributed by atoms with Crippen LogP contribution in [0.4, 0.5) is 0 Å². The predicted molar refractivity (Wildman–Crippen MR) is 100 cm³/mol. The highest BCUT2D eigenvalue weighted by molar-refractivity contribution is 5.87. The van der Waals surface area contributed by atoms with Gasteiger partial charge in [0, 0.05) is 25.9 Å². The van der Waals surface area contributed by atoms with Gasteiger partial charge in [0.2, 0.25) is 5.91 Å². The summed E-state index contributed by atoms with van der Waals surface area (Å²) in [7, 11) is 0. The summed E-state index contributed by atoms with van der Waals surface area (Å²) in [5, 5.41) is 10.2. The topological polar surface area (TPSA) is 62.6 Å². The molecule has 142 valence electrons. The fourth-order valence-electron chi connectivity index (χ4n) is 5.15. The van der Waals surface area contributed by atoms with Gasteiger partial charge in [-0.05, 0) is 30.2 Å². The Balaban J connectivity index is 1.65. The Morgan fingerprint density at radius 2 is 2.04 bits per heavy atom. The van der Waals surface area contributed by atoms with Crippen LogP contribution in [-0.4, -0.2) is 36.4 Å². The van der Waals surface area contributed by atoms with Crippen molar-refractivity contribution in [2.24, 2.45) is 17.3 Å². The fraction of sp³-hybridized carbons (Fsp3) is 0.545. The molecule has 5 heteroatoms. The van der Waals surface area contributed by atoms with E-state index in [1.54, 1.807) is 6.08 Å². The number of benzene rings is 1. The Bertz CT molecular complexity index is 751. The van der Waals surface area contributed by atoms with Crippen molar-refractivity contribution in [1.29, 1.82) is 5.26 Å².